The molecule has 0 bridgehead atoms. The van der Waals surface area contributed by atoms with Crippen LogP contribution in [0.1, 0.15) is 37.0 Å². The summed E-state index contributed by atoms with van der Waals surface area (Å²) in [5.41, 5.74) is 4.10. The summed E-state index contributed by atoms with van der Waals surface area (Å²) < 4.78 is 38.3. The summed E-state index contributed by atoms with van der Waals surface area (Å²) in [6.45, 7) is 5.70. The smallest absolute Gasteiger partial charge is 0.166 e. The van der Waals surface area contributed by atoms with Crippen molar-refractivity contribution in [1.29, 1.82) is 0 Å². The first-order chi connectivity index (χ1) is 8.27. The van der Waals surface area contributed by atoms with Crippen LogP contribution in [0.3, 0.4) is 0 Å². The molecular formula is C15H15F3. The molecule has 0 amide bonds. The molecule has 0 atom stereocenters. The van der Waals surface area contributed by atoms with E-state index in [4.69, 9.17) is 0 Å². The van der Waals surface area contributed by atoms with Gasteiger partial charge in [-0.3, -0.25) is 0 Å². The minimum atomic E-state index is -4.28. The Morgan fingerprint density at radius 2 is 1.67 bits per heavy atom. The number of aryl methyl sites for hydroxylation is 1. The predicted molar refractivity (Wildman–Crippen MR) is 67.1 cm³/mol. The van der Waals surface area contributed by atoms with Crippen molar-refractivity contribution in [2.75, 3.05) is 0 Å². The molecule has 3 heteroatoms. The topological polar surface area (TPSA) is 0 Å². The van der Waals surface area contributed by atoms with Crippen LogP contribution < -0.4 is 0 Å². The van der Waals surface area contributed by atoms with Gasteiger partial charge in [-0.15, -0.1) is 0 Å². The normalized spacial score (nSPS) is 16.2. The molecule has 0 saturated heterocycles. The number of rotatable bonds is 1. The lowest BCUT2D eigenvalue weighted by atomic mass is 9.98. The highest BCUT2D eigenvalue weighted by molar-refractivity contribution is 5.74. The Morgan fingerprint density at radius 3 is 2.17 bits per heavy atom. The van der Waals surface area contributed by atoms with Crippen molar-refractivity contribution >= 4 is 5.57 Å². The van der Waals surface area contributed by atoms with E-state index in [-0.39, 0.29) is 0 Å². The maximum absolute atomic E-state index is 12.8. The lowest BCUT2D eigenvalue weighted by Gasteiger charge is -2.11. The second-order valence-corrected chi connectivity index (χ2v) is 4.90. The van der Waals surface area contributed by atoms with Crippen molar-refractivity contribution in [3.8, 4) is 0 Å². The maximum Gasteiger partial charge on any atom is 0.416 e. The molecule has 0 unspecified atom stereocenters. The van der Waals surface area contributed by atoms with E-state index in [0.29, 0.717) is 11.1 Å². The highest BCUT2D eigenvalue weighted by atomic mass is 19.4. The summed E-state index contributed by atoms with van der Waals surface area (Å²) in [5, 5.41) is 0. The molecule has 0 saturated carbocycles. The molecule has 0 nitrogen and oxygen atoms in total. The Balaban J connectivity index is 2.43. The standard InChI is InChI=1S/C15H15F3/c1-9-4-12(8-14(5-9)15(16,17)18)13-6-10(2)11(3)7-13/h4-6,8H,7H2,1-3H3. The van der Waals surface area contributed by atoms with Crippen molar-refractivity contribution < 1.29 is 13.2 Å². The van der Waals surface area contributed by atoms with Crippen LogP contribution in [-0.2, 0) is 6.18 Å². The Hall–Kier alpha value is -1.51. The van der Waals surface area contributed by atoms with E-state index in [1.165, 1.54) is 17.7 Å². The fourth-order valence-corrected chi connectivity index (χ4v) is 2.18. The fraction of sp³-hybridized carbons (Fsp3) is 0.333. The maximum atomic E-state index is 12.8. The average molecular weight is 252 g/mol. The van der Waals surface area contributed by atoms with E-state index in [0.717, 1.165) is 17.6 Å². The van der Waals surface area contributed by atoms with E-state index >= 15 is 0 Å². The summed E-state index contributed by atoms with van der Waals surface area (Å²) in [5.74, 6) is 0. The van der Waals surface area contributed by atoms with Crippen molar-refractivity contribution in [3.05, 3.63) is 52.1 Å². The molecular weight excluding hydrogens is 237 g/mol. The zero-order valence-corrected chi connectivity index (χ0v) is 10.7. The Kier molecular flexibility index (Phi) is 3.09. The van der Waals surface area contributed by atoms with Gasteiger partial charge in [0, 0.05) is 0 Å². The van der Waals surface area contributed by atoms with E-state index in [1.807, 2.05) is 26.0 Å². The summed E-state index contributed by atoms with van der Waals surface area (Å²) >= 11 is 0. The molecule has 0 N–H and O–H groups in total. The van der Waals surface area contributed by atoms with Gasteiger partial charge in [0.05, 0.1) is 5.56 Å². The quantitative estimate of drug-likeness (QED) is 0.649. The van der Waals surface area contributed by atoms with Crippen molar-refractivity contribution in [3.63, 3.8) is 0 Å². The molecule has 1 aromatic carbocycles. The lowest BCUT2D eigenvalue weighted by Crippen LogP contribution is -2.06. The molecule has 1 aromatic rings. The van der Waals surface area contributed by atoms with Crippen LogP contribution >= 0.6 is 0 Å². The van der Waals surface area contributed by atoms with Crippen LogP contribution in [0.5, 0.6) is 0 Å². The molecule has 1 aliphatic carbocycles. The minimum Gasteiger partial charge on any atom is -0.166 e. The molecule has 0 fully saturated rings. The number of allylic oxidation sites excluding steroid dienone is 4. The number of hydrogen-bond acceptors (Lipinski definition) is 0. The molecule has 0 aliphatic heterocycles. The third kappa shape index (κ3) is 2.50. The van der Waals surface area contributed by atoms with Crippen molar-refractivity contribution in [2.45, 2.75) is 33.4 Å². The van der Waals surface area contributed by atoms with Gasteiger partial charge in [0.25, 0.3) is 0 Å². The van der Waals surface area contributed by atoms with Crippen LogP contribution in [0.2, 0.25) is 0 Å². The minimum absolute atomic E-state index is 0.569. The highest BCUT2D eigenvalue weighted by Crippen LogP contribution is 2.36. The van der Waals surface area contributed by atoms with Gasteiger partial charge in [0.1, 0.15) is 0 Å². The third-order valence-corrected chi connectivity index (χ3v) is 3.29. The van der Waals surface area contributed by atoms with Gasteiger partial charge in [-0.2, -0.15) is 13.2 Å². The van der Waals surface area contributed by atoms with Gasteiger partial charge in [-0.25, -0.2) is 0 Å². The summed E-state index contributed by atoms with van der Waals surface area (Å²) in [7, 11) is 0. The second-order valence-electron chi connectivity index (χ2n) is 4.90. The predicted octanol–water partition coefficient (Wildman–Crippen LogP) is 5.14. The van der Waals surface area contributed by atoms with E-state index < -0.39 is 11.7 Å². The molecule has 0 aromatic heterocycles. The molecule has 96 valence electrons. The van der Waals surface area contributed by atoms with Crippen molar-refractivity contribution in [1.82, 2.24) is 0 Å². The molecule has 2 rings (SSSR count). The fourth-order valence-electron chi connectivity index (χ4n) is 2.18. The van der Waals surface area contributed by atoms with Gasteiger partial charge in [0.2, 0.25) is 0 Å². The van der Waals surface area contributed by atoms with Gasteiger partial charge in [-0.05, 0) is 56.0 Å². The Morgan fingerprint density at radius 1 is 1.00 bits per heavy atom. The van der Waals surface area contributed by atoms with E-state index in [1.54, 1.807) is 6.92 Å². The largest absolute Gasteiger partial charge is 0.416 e. The van der Waals surface area contributed by atoms with Gasteiger partial charge < -0.3 is 0 Å². The zero-order chi connectivity index (χ0) is 13.5. The van der Waals surface area contributed by atoms with Crippen LogP contribution in [0.25, 0.3) is 5.57 Å². The molecule has 0 spiro atoms. The summed E-state index contributed by atoms with van der Waals surface area (Å²) in [4.78, 5) is 0. The Labute approximate surface area is 105 Å². The number of hydrogen-bond donors (Lipinski definition) is 0. The Bertz CT molecular complexity index is 545. The third-order valence-electron chi connectivity index (χ3n) is 3.29. The SMILES string of the molecule is CC1=C(C)CC(c2cc(C)cc(C(F)(F)F)c2)=C1. The number of alkyl halides is 3. The van der Waals surface area contributed by atoms with Gasteiger partial charge in [-0.1, -0.05) is 23.3 Å². The highest BCUT2D eigenvalue weighted by Gasteiger charge is 2.31. The van der Waals surface area contributed by atoms with Crippen LogP contribution in [0, 0.1) is 6.92 Å². The first-order valence-corrected chi connectivity index (χ1v) is 5.83. The molecule has 0 heterocycles. The summed E-state index contributed by atoms with van der Waals surface area (Å²) in [6.07, 6.45) is -1.56. The van der Waals surface area contributed by atoms with E-state index in [2.05, 4.69) is 0 Å². The summed E-state index contributed by atoms with van der Waals surface area (Å²) in [6, 6.07) is 4.24. The monoisotopic (exact) mass is 252 g/mol. The molecule has 0 radical (unpaired) electrons. The van der Waals surface area contributed by atoms with Crippen LogP contribution in [0.15, 0.2) is 35.4 Å². The van der Waals surface area contributed by atoms with Gasteiger partial charge in [0.15, 0.2) is 0 Å². The van der Waals surface area contributed by atoms with Crippen LogP contribution in [-0.4, -0.2) is 0 Å². The van der Waals surface area contributed by atoms with E-state index in [9.17, 15) is 13.2 Å². The molecule has 18 heavy (non-hydrogen) atoms. The first-order valence-electron chi connectivity index (χ1n) is 5.83. The van der Waals surface area contributed by atoms with Gasteiger partial charge >= 0.3 is 6.18 Å². The van der Waals surface area contributed by atoms with Crippen molar-refractivity contribution in [2.24, 2.45) is 0 Å². The number of halogens is 3. The first kappa shape index (κ1) is 12.9. The second kappa shape index (κ2) is 4.30. The van der Waals surface area contributed by atoms with Crippen LogP contribution in [0.4, 0.5) is 13.2 Å². The zero-order valence-electron chi connectivity index (χ0n) is 10.7. The molecule has 1 aliphatic rings. The average Bonchev–Trinajstić information content (AvgIpc) is 2.57. The number of benzene rings is 1. The lowest BCUT2D eigenvalue weighted by molar-refractivity contribution is -0.137.